The summed E-state index contributed by atoms with van der Waals surface area (Å²) in [6, 6.07) is 0. The molecule has 3 nitrogen and oxygen atoms in total. The van der Waals surface area contributed by atoms with Crippen molar-refractivity contribution in [3.8, 4) is 0 Å². The highest BCUT2D eigenvalue weighted by Gasteiger charge is 2.59. The minimum Gasteiger partial charge on any atom is -0.416 e. The summed E-state index contributed by atoms with van der Waals surface area (Å²) in [5.74, 6) is 0.457. The monoisotopic (exact) mass is 340 g/mol. The molecule has 0 radical (unpaired) electrons. The van der Waals surface area contributed by atoms with Gasteiger partial charge in [0.1, 0.15) is 0 Å². The van der Waals surface area contributed by atoms with Gasteiger partial charge in [-0.3, -0.25) is 0 Å². The third kappa shape index (κ3) is 3.05. The molecule has 1 N–H and O–H groups in total. The molecule has 2 bridgehead atoms. The van der Waals surface area contributed by atoms with E-state index in [0.717, 1.165) is 51.6 Å². The Morgan fingerprint density at radius 2 is 1.78 bits per heavy atom. The lowest BCUT2D eigenvalue weighted by Crippen LogP contribution is -2.55. The molecule has 4 atom stereocenters. The first-order valence-corrected chi connectivity index (χ1v) is 12.5. The average molecular weight is 341 g/mol. The van der Waals surface area contributed by atoms with Crippen LogP contribution in [0.1, 0.15) is 72.1 Å². The Hall–Kier alpha value is 0.0969. The Morgan fingerprint density at radius 3 is 2.48 bits per heavy atom. The molecule has 4 heteroatoms. The summed E-state index contributed by atoms with van der Waals surface area (Å²) in [4.78, 5) is 0. The second-order valence-corrected chi connectivity index (χ2v) is 14.6. The van der Waals surface area contributed by atoms with Crippen LogP contribution in [0.15, 0.2) is 0 Å². The summed E-state index contributed by atoms with van der Waals surface area (Å²) in [5.41, 5.74) is -0.812. The second-order valence-electron chi connectivity index (χ2n) is 9.80. The number of hydrogen-bond donors (Lipinski definition) is 1. The summed E-state index contributed by atoms with van der Waals surface area (Å²) < 4.78 is 13.1. The summed E-state index contributed by atoms with van der Waals surface area (Å²) in [7, 11) is -1.71. The van der Waals surface area contributed by atoms with Gasteiger partial charge in [0.2, 0.25) is 0 Å². The predicted molar refractivity (Wildman–Crippen MR) is 96.1 cm³/mol. The Balaban J connectivity index is 1.70. The standard InChI is InChI=1S/C19H36O3Si/c1-17(2,3)23(4,5)21-14-15-8-12-18(20)10-6-7-11-19(18)13-9-16(15)22-19/h15-16,20H,6-14H2,1-5H3/t15-,16+,18-,19-/m0/s1. The maximum absolute atomic E-state index is 11.3. The van der Waals surface area contributed by atoms with Crippen LogP contribution < -0.4 is 0 Å². The van der Waals surface area contributed by atoms with E-state index in [1.807, 2.05) is 0 Å². The molecule has 2 heterocycles. The highest BCUT2D eigenvalue weighted by atomic mass is 28.4. The van der Waals surface area contributed by atoms with E-state index in [1.165, 1.54) is 6.42 Å². The van der Waals surface area contributed by atoms with Gasteiger partial charge in [0.15, 0.2) is 8.32 Å². The quantitative estimate of drug-likeness (QED) is 0.761. The smallest absolute Gasteiger partial charge is 0.191 e. The van der Waals surface area contributed by atoms with Crippen LogP contribution in [0.2, 0.25) is 18.1 Å². The van der Waals surface area contributed by atoms with Gasteiger partial charge < -0.3 is 14.3 Å². The first kappa shape index (κ1) is 17.9. The van der Waals surface area contributed by atoms with Crippen molar-refractivity contribution in [2.45, 2.75) is 108 Å². The zero-order valence-electron chi connectivity index (χ0n) is 15.8. The second kappa shape index (κ2) is 5.82. The Kier molecular flexibility index (Phi) is 4.53. The fraction of sp³-hybridized carbons (Fsp3) is 1.00. The molecule has 3 rings (SSSR count). The van der Waals surface area contributed by atoms with Gasteiger partial charge in [-0.05, 0) is 56.7 Å². The maximum Gasteiger partial charge on any atom is 0.191 e. The maximum atomic E-state index is 11.3. The van der Waals surface area contributed by atoms with Gasteiger partial charge in [0.05, 0.1) is 17.3 Å². The van der Waals surface area contributed by atoms with Gasteiger partial charge in [0, 0.05) is 12.5 Å². The van der Waals surface area contributed by atoms with Gasteiger partial charge >= 0.3 is 0 Å². The van der Waals surface area contributed by atoms with Gasteiger partial charge in [0.25, 0.3) is 0 Å². The minimum absolute atomic E-state index is 0.234. The number of fused-ring (bicyclic) bond motifs is 1. The van der Waals surface area contributed by atoms with Crippen molar-refractivity contribution in [2.24, 2.45) is 5.92 Å². The lowest BCUT2D eigenvalue weighted by molar-refractivity contribution is -0.191. The van der Waals surface area contributed by atoms with Crippen LogP contribution in [0.4, 0.5) is 0 Å². The first-order chi connectivity index (χ1) is 10.6. The molecule has 2 saturated heterocycles. The lowest BCUT2D eigenvalue weighted by Gasteiger charge is -2.47. The van der Waals surface area contributed by atoms with Crippen molar-refractivity contribution in [3.63, 3.8) is 0 Å². The molecule has 0 aromatic heterocycles. The molecule has 134 valence electrons. The van der Waals surface area contributed by atoms with Gasteiger partial charge in [-0.2, -0.15) is 0 Å². The summed E-state index contributed by atoms with van der Waals surface area (Å²) in [5, 5.41) is 11.5. The molecule has 23 heavy (non-hydrogen) atoms. The Bertz CT molecular complexity index is 444. The number of hydrogen-bond acceptors (Lipinski definition) is 3. The van der Waals surface area contributed by atoms with E-state index < -0.39 is 13.9 Å². The molecule has 1 aliphatic carbocycles. The van der Waals surface area contributed by atoms with E-state index in [-0.39, 0.29) is 10.6 Å². The van der Waals surface area contributed by atoms with Crippen LogP contribution in [0.25, 0.3) is 0 Å². The van der Waals surface area contributed by atoms with E-state index in [4.69, 9.17) is 9.16 Å². The van der Waals surface area contributed by atoms with Crippen LogP contribution in [0.3, 0.4) is 0 Å². The van der Waals surface area contributed by atoms with Crippen LogP contribution in [-0.4, -0.2) is 37.3 Å². The summed E-state index contributed by atoms with van der Waals surface area (Å²) in [6.07, 6.45) is 8.74. The van der Waals surface area contributed by atoms with Gasteiger partial charge in [-0.1, -0.05) is 33.6 Å². The van der Waals surface area contributed by atoms with E-state index in [0.29, 0.717) is 12.0 Å². The van der Waals surface area contributed by atoms with E-state index in [1.54, 1.807) is 0 Å². The fourth-order valence-corrected chi connectivity index (χ4v) is 5.68. The zero-order valence-corrected chi connectivity index (χ0v) is 16.8. The Labute approximate surface area is 143 Å². The molecule has 0 unspecified atom stereocenters. The first-order valence-electron chi connectivity index (χ1n) is 9.63. The van der Waals surface area contributed by atoms with Crippen molar-refractivity contribution >= 4 is 8.32 Å². The van der Waals surface area contributed by atoms with Crippen LogP contribution in [0, 0.1) is 5.92 Å². The molecule has 1 saturated carbocycles. The highest BCUT2D eigenvalue weighted by Crippen LogP contribution is 2.54. The third-order valence-electron chi connectivity index (χ3n) is 7.40. The van der Waals surface area contributed by atoms with Crippen molar-refractivity contribution < 1.29 is 14.3 Å². The Morgan fingerprint density at radius 1 is 1.09 bits per heavy atom. The molecule has 0 aromatic carbocycles. The van der Waals surface area contributed by atoms with E-state index in [9.17, 15) is 5.11 Å². The van der Waals surface area contributed by atoms with Crippen molar-refractivity contribution in [2.75, 3.05) is 6.61 Å². The molecule has 2 aliphatic heterocycles. The number of ether oxygens (including phenoxy) is 1. The predicted octanol–water partition coefficient (Wildman–Crippen LogP) is 4.64. The molecule has 0 aromatic rings. The molecule has 3 fully saturated rings. The van der Waals surface area contributed by atoms with Crippen LogP contribution in [0.5, 0.6) is 0 Å². The lowest BCUT2D eigenvalue weighted by atomic mass is 9.67. The summed E-state index contributed by atoms with van der Waals surface area (Å²) in [6.45, 7) is 12.4. The topological polar surface area (TPSA) is 38.7 Å². The molecule has 0 amide bonds. The van der Waals surface area contributed by atoms with Crippen molar-refractivity contribution in [1.82, 2.24) is 0 Å². The molecular formula is C19H36O3Si. The molecule has 1 spiro atoms. The molecule has 3 aliphatic rings. The number of rotatable bonds is 3. The number of aliphatic hydroxyl groups is 1. The van der Waals surface area contributed by atoms with Crippen LogP contribution >= 0.6 is 0 Å². The molecular weight excluding hydrogens is 304 g/mol. The van der Waals surface area contributed by atoms with Gasteiger partial charge in [-0.25, -0.2) is 0 Å². The van der Waals surface area contributed by atoms with Crippen molar-refractivity contribution in [3.05, 3.63) is 0 Å². The average Bonchev–Trinajstić information content (AvgIpc) is 2.81. The van der Waals surface area contributed by atoms with E-state index >= 15 is 0 Å². The van der Waals surface area contributed by atoms with Gasteiger partial charge in [-0.15, -0.1) is 0 Å². The van der Waals surface area contributed by atoms with E-state index in [2.05, 4.69) is 33.9 Å². The normalized spacial score (nSPS) is 41.5. The SMILES string of the molecule is CC(C)(C)[Si](C)(C)OC[C@@H]1CC[C@@]2(O)CCCC[C@]23CC[C@H]1O3. The highest BCUT2D eigenvalue weighted by molar-refractivity contribution is 6.74. The third-order valence-corrected chi connectivity index (χ3v) is 11.9. The fourth-order valence-electron chi connectivity index (χ4n) is 4.62. The minimum atomic E-state index is -1.71. The zero-order chi connectivity index (χ0) is 16.9. The van der Waals surface area contributed by atoms with Crippen molar-refractivity contribution in [1.29, 1.82) is 0 Å². The largest absolute Gasteiger partial charge is 0.416 e. The summed E-state index contributed by atoms with van der Waals surface area (Å²) >= 11 is 0. The van der Waals surface area contributed by atoms with Crippen LogP contribution in [-0.2, 0) is 9.16 Å².